The third-order valence-electron chi connectivity index (χ3n) is 5.43. The molecule has 0 saturated carbocycles. The summed E-state index contributed by atoms with van der Waals surface area (Å²) in [5, 5.41) is 10.3. The van der Waals surface area contributed by atoms with Gasteiger partial charge in [0.2, 0.25) is 5.95 Å². The molecule has 1 aliphatic heterocycles. The maximum Gasteiger partial charge on any atom is 0.226 e. The van der Waals surface area contributed by atoms with Crippen LogP contribution in [0.1, 0.15) is 43.9 Å². The number of Topliss-reactive ketones (excluding diaryl/α,β-unsaturated/α-hetero) is 1. The van der Waals surface area contributed by atoms with Crippen molar-refractivity contribution < 1.29 is 4.79 Å². The molecule has 3 aromatic rings. The highest BCUT2D eigenvalue weighted by molar-refractivity contribution is 7.13. The van der Waals surface area contributed by atoms with Crippen molar-refractivity contribution in [3.8, 4) is 10.7 Å². The quantitative estimate of drug-likeness (QED) is 0.671. The second-order valence-electron chi connectivity index (χ2n) is 8.46. The molecule has 1 atom stereocenters. The van der Waals surface area contributed by atoms with Crippen LogP contribution in [0.25, 0.3) is 10.7 Å². The highest BCUT2D eigenvalue weighted by atomic mass is 32.1. The van der Waals surface area contributed by atoms with E-state index in [2.05, 4.69) is 44.3 Å². The Morgan fingerprint density at radius 3 is 2.82 bits per heavy atom. The van der Waals surface area contributed by atoms with Gasteiger partial charge in [0.1, 0.15) is 6.04 Å². The molecule has 2 aliphatic rings. The van der Waals surface area contributed by atoms with E-state index in [1.54, 1.807) is 11.3 Å². The number of nitrogens with one attached hydrogen (secondary N) is 1. The maximum atomic E-state index is 13.2. The maximum absolute atomic E-state index is 13.2. The number of anilines is 1. The van der Waals surface area contributed by atoms with Crippen LogP contribution in [0.2, 0.25) is 0 Å². The van der Waals surface area contributed by atoms with Gasteiger partial charge in [-0.05, 0) is 35.8 Å². The number of ketones is 1. The number of rotatable bonds is 2. The standard InChI is InChI=1S/C22H22N4OS/c1-13-6-4-7-14(10-13)19-18-15(11-22(2,3)12-16(18)27)23-21-24-20(25-26(19)21)17-8-5-9-28-17/h4-10,19H,11-12H2,1-3H3,(H,23,24,25). The highest BCUT2D eigenvalue weighted by Gasteiger charge is 2.41. The number of carbonyl (C=O) groups is 1. The predicted octanol–water partition coefficient (Wildman–Crippen LogP) is 4.97. The molecule has 6 heteroatoms. The third-order valence-corrected chi connectivity index (χ3v) is 6.30. The van der Waals surface area contributed by atoms with E-state index in [0.29, 0.717) is 18.2 Å². The minimum Gasteiger partial charge on any atom is -0.328 e. The molecule has 5 rings (SSSR count). The highest BCUT2D eigenvalue weighted by Crippen LogP contribution is 2.45. The molecule has 5 nitrogen and oxygen atoms in total. The van der Waals surface area contributed by atoms with Crippen molar-refractivity contribution in [2.75, 3.05) is 5.32 Å². The summed E-state index contributed by atoms with van der Waals surface area (Å²) in [7, 11) is 0. The lowest BCUT2D eigenvalue weighted by atomic mass is 9.73. The summed E-state index contributed by atoms with van der Waals surface area (Å²) in [5.41, 5.74) is 4.01. The number of benzene rings is 1. The predicted molar refractivity (Wildman–Crippen MR) is 111 cm³/mol. The molecule has 2 aromatic heterocycles. The third kappa shape index (κ3) is 2.79. The largest absolute Gasteiger partial charge is 0.328 e. The molecular formula is C22H22N4OS. The van der Waals surface area contributed by atoms with Crippen LogP contribution >= 0.6 is 11.3 Å². The first-order valence-corrected chi connectivity index (χ1v) is 10.4. The number of aromatic nitrogens is 3. The van der Waals surface area contributed by atoms with Gasteiger partial charge in [-0.2, -0.15) is 4.98 Å². The van der Waals surface area contributed by atoms with Gasteiger partial charge >= 0.3 is 0 Å². The van der Waals surface area contributed by atoms with Gasteiger partial charge in [-0.3, -0.25) is 4.79 Å². The Hall–Kier alpha value is -2.73. The lowest BCUT2D eigenvalue weighted by Crippen LogP contribution is -2.36. The molecule has 0 spiro atoms. The Bertz CT molecular complexity index is 1110. The normalized spacial score (nSPS) is 20.5. The van der Waals surface area contributed by atoms with Crippen LogP contribution in [0.15, 0.2) is 53.0 Å². The van der Waals surface area contributed by atoms with Gasteiger partial charge in [-0.1, -0.05) is 49.7 Å². The van der Waals surface area contributed by atoms with Crippen molar-refractivity contribution in [3.05, 3.63) is 64.2 Å². The summed E-state index contributed by atoms with van der Waals surface area (Å²) in [6.07, 6.45) is 1.38. The summed E-state index contributed by atoms with van der Waals surface area (Å²) in [4.78, 5) is 19.0. The molecule has 0 bridgehead atoms. The van der Waals surface area contributed by atoms with Gasteiger partial charge < -0.3 is 5.32 Å². The van der Waals surface area contributed by atoms with E-state index < -0.39 is 0 Å². The van der Waals surface area contributed by atoms with Crippen molar-refractivity contribution in [1.29, 1.82) is 0 Å². The Kier molecular flexibility index (Phi) is 3.81. The second-order valence-corrected chi connectivity index (χ2v) is 9.40. The number of hydrogen-bond acceptors (Lipinski definition) is 5. The molecule has 142 valence electrons. The number of carbonyl (C=O) groups excluding carboxylic acids is 1. The zero-order chi connectivity index (χ0) is 19.5. The van der Waals surface area contributed by atoms with Gasteiger partial charge in [0.15, 0.2) is 11.6 Å². The zero-order valence-electron chi connectivity index (χ0n) is 16.2. The second kappa shape index (κ2) is 6.14. The Labute approximate surface area is 168 Å². The topological polar surface area (TPSA) is 59.8 Å². The van der Waals surface area contributed by atoms with E-state index >= 15 is 0 Å². The minimum absolute atomic E-state index is 0.0567. The Balaban J connectivity index is 1.71. The van der Waals surface area contributed by atoms with Gasteiger partial charge in [-0.25, -0.2) is 4.68 Å². The van der Waals surface area contributed by atoms with Crippen LogP contribution in [-0.2, 0) is 4.79 Å². The molecule has 1 N–H and O–H groups in total. The van der Waals surface area contributed by atoms with E-state index in [4.69, 9.17) is 10.1 Å². The lowest BCUT2D eigenvalue weighted by molar-refractivity contribution is -0.118. The summed E-state index contributed by atoms with van der Waals surface area (Å²) in [6.45, 7) is 6.37. The van der Waals surface area contributed by atoms with Crippen molar-refractivity contribution in [2.24, 2.45) is 5.41 Å². The minimum atomic E-state index is -0.240. The first-order chi connectivity index (χ1) is 13.4. The Morgan fingerprint density at radius 2 is 2.07 bits per heavy atom. The first kappa shape index (κ1) is 17.4. The number of hydrogen-bond donors (Lipinski definition) is 1. The number of aryl methyl sites for hydroxylation is 1. The van der Waals surface area contributed by atoms with Crippen LogP contribution in [-0.4, -0.2) is 20.5 Å². The molecule has 3 heterocycles. The van der Waals surface area contributed by atoms with E-state index in [-0.39, 0.29) is 17.2 Å². The fraction of sp³-hybridized carbons (Fsp3) is 0.318. The molecule has 0 amide bonds. The monoisotopic (exact) mass is 390 g/mol. The van der Waals surface area contributed by atoms with Gasteiger partial charge in [0.05, 0.1) is 4.88 Å². The summed E-state index contributed by atoms with van der Waals surface area (Å²) >= 11 is 1.62. The van der Waals surface area contributed by atoms with Crippen LogP contribution < -0.4 is 5.32 Å². The van der Waals surface area contributed by atoms with Crippen LogP contribution in [0, 0.1) is 12.3 Å². The van der Waals surface area contributed by atoms with Crippen molar-refractivity contribution in [1.82, 2.24) is 14.8 Å². The smallest absolute Gasteiger partial charge is 0.226 e. The summed E-state index contributed by atoms with van der Waals surface area (Å²) in [5.74, 6) is 1.60. The van der Waals surface area contributed by atoms with Crippen molar-refractivity contribution >= 4 is 23.1 Å². The fourth-order valence-electron chi connectivity index (χ4n) is 4.27. The first-order valence-electron chi connectivity index (χ1n) is 9.51. The van der Waals surface area contributed by atoms with Crippen molar-refractivity contribution in [2.45, 2.75) is 39.7 Å². The van der Waals surface area contributed by atoms with Gasteiger partial charge in [0.25, 0.3) is 0 Å². The zero-order valence-corrected chi connectivity index (χ0v) is 17.0. The van der Waals surface area contributed by atoms with E-state index in [9.17, 15) is 4.79 Å². The van der Waals surface area contributed by atoms with Crippen LogP contribution in [0.3, 0.4) is 0 Å². The molecule has 1 aliphatic carbocycles. The van der Waals surface area contributed by atoms with Crippen LogP contribution in [0.5, 0.6) is 0 Å². The average Bonchev–Trinajstić information content (AvgIpc) is 3.28. The number of fused-ring (bicyclic) bond motifs is 1. The summed E-state index contributed by atoms with van der Waals surface area (Å²) in [6, 6.07) is 12.1. The fourth-order valence-corrected chi connectivity index (χ4v) is 4.92. The average molecular weight is 391 g/mol. The van der Waals surface area contributed by atoms with E-state index in [1.807, 2.05) is 28.3 Å². The van der Waals surface area contributed by atoms with E-state index in [1.165, 1.54) is 5.56 Å². The Morgan fingerprint density at radius 1 is 1.21 bits per heavy atom. The molecule has 1 unspecified atom stereocenters. The number of allylic oxidation sites excluding steroid dienone is 2. The molecular weight excluding hydrogens is 368 g/mol. The molecule has 0 saturated heterocycles. The summed E-state index contributed by atoms with van der Waals surface area (Å²) < 4.78 is 1.89. The molecule has 0 radical (unpaired) electrons. The molecule has 1 aromatic carbocycles. The van der Waals surface area contributed by atoms with Gasteiger partial charge in [0, 0.05) is 17.7 Å². The van der Waals surface area contributed by atoms with Crippen LogP contribution in [0.4, 0.5) is 5.95 Å². The molecule has 28 heavy (non-hydrogen) atoms. The van der Waals surface area contributed by atoms with Gasteiger partial charge in [-0.15, -0.1) is 16.4 Å². The SMILES string of the molecule is Cc1cccc(C2C3=C(CC(C)(C)CC3=O)Nc3nc(-c4cccs4)nn32)c1. The van der Waals surface area contributed by atoms with E-state index in [0.717, 1.165) is 28.1 Å². The number of thiophene rings is 1. The lowest BCUT2D eigenvalue weighted by Gasteiger charge is -2.38. The van der Waals surface area contributed by atoms with Crippen molar-refractivity contribution in [3.63, 3.8) is 0 Å². The number of nitrogens with zero attached hydrogens (tertiary/aromatic N) is 3. The molecule has 0 fully saturated rings.